The quantitative estimate of drug-likeness (QED) is 0.0616. The molecule has 0 N–H and O–H groups in total. The van der Waals surface area contributed by atoms with E-state index in [4.69, 9.17) is 0 Å². The molecule has 0 bridgehead atoms. The fourth-order valence-electron chi connectivity index (χ4n) is 8.03. The average Bonchev–Trinajstić information content (AvgIpc) is 3.36. The summed E-state index contributed by atoms with van der Waals surface area (Å²) in [7, 11) is -4.85. The van der Waals surface area contributed by atoms with Crippen LogP contribution in [0.2, 0.25) is 0 Å². The average molecular weight is 1000 g/mol. The maximum absolute atomic E-state index is 16.9. The first-order chi connectivity index (χ1) is 32.6. The van der Waals surface area contributed by atoms with Gasteiger partial charge in [0.1, 0.15) is 28.5 Å². The molecule has 69 heavy (non-hydrogen) atoms. The predicted octanol–water partition coefficient (Wildman–Crippen LogP) is 13.8. The molecule has 0 amide bonds. The summed E-state index contributed by atoms with van der Waals surface area (Å²) in [6, 6.07) is 18.1. The topological polar surface area (TPSA) is 0 Å². The Kier molecular flexibility index (Phi) is 12.4. The lowest BCUT2D eigenvalue weighted by Gasteiger charge is -2.33. The van der Waals surface area contributed by atoms with E-state index in [1.807, 2.05) is 0 Å². The highest BCUT2D eigenvalue weighted by molar-refractivity contribution is 8.01. The van der Waals surface area contributed by atoms with Gasteiger partial charge >= 0.3 is 0 Å². The van der Waals surface area contributed by atoms with Crippen molar-refractivity contribution in [1.82, 2.24) is 0 Å². The van der Waals surface area contributed by atoms with Crippen molar-refractivity contribution < 1.29 is 87.8 Å². The maximum Gasteiger partial charge on any atom is 0.200 e. The number of hydrogen-bond donors (Lipinski definition) is 0. The molecule has 8 aromatic rings. The van der Waals surface area contributed by atoms with Gasteiger partial charge in [-0.3, -0.25) is 0 Å². The lowest BCUT2D eigenvalue weighted by Crippen LogP contribution is -2.40. The zero-order chi connectivity index (χ0) is 50.3. The molecular formula is C48H16F20P+. The Labute approximate surface area is 373 Å². The van der Waals surface area contributed by atoms with E-state index in [9.17, 15) is 17.6 Å². The van der Waals surface area contributed by atoms with Gasteiger partial charge in [-0.2, -0.15) is 0 Å². The van der Waals surface area contributed by atoms with Gasteiger partial charge in [0.15, 0.2) is 93.1 Å². The molecule has 8 rings (SSSR count). The van der Waals surface area contributed by atoms with Crippen LogP contribution in [0.3, 0.4) is 0 Å². The van der Waals surface area contributed by atoms with Gasteiger partial charge in [0, 0.05) is 22.3 Å². The van der Waals surface area contributed by atoms with Gasteiger partial charge in [0.25, 0.3) is 0 Å². The minimum atomic E-state index is -4.85. The molecule has 0 radical (unpaired) electrons. The summed E-state index contributed by atoms with van der Waals surface area (Å²) in [5, 5.41) is -2.16. The minimum Gasteiger partial charge on any atom is -0.203 e. The molecule has 0 spiro atoms. The van der Waals surface area contributed by atoms with Crippen LogP contribution in [0.15, 0.2) is 97.1 Å². The summed E-state index contributed by atoms with van der Waals surface area (Å²) in [5.74, 6) is -62.0. The second-order valence-electron chi connectivity index (χ2n) is 14.5. The number of benzene rings is 8. The van der Waals surface area contributed by atoms with Gasteiger partial charge in [0.05, 0.1) is 22.3 Å². The standard InChI is InChI=1S/C48H16F20P/c49-29-23(30(50)38(58)45(65)37(29)57)20-16-21(69(17-10-4-1-5-11-17,18-12-6-2-7-13-18)19-14-8-3-9-15-19)24(27-33(53)41(61)47(67)42(62)34(27)54)25(28-35(55)43(63)48(68)44(64)36(28)56)22(20)26-31(51)39(59)46(66)40(60)32(26)52/h1-16H/q+1. The van der Waals surface area contributed by atoms with Crippen LogP contribution in [0.4, 0.5) is 87.8 Å². The Morgan fingerprint density at radius 2 is 0.420 bits per heavy atom. The van der Waals surface area contributed by atoms with E-state index < -0.39 is 173 Å². The van der Waals surface area contributed by atoms with E-state index >= 15 is 70.2 Å². The molecule has 352 valence electrons. The van der Waals surface area contributed by atoms with Crippen molar-refractivity contribution in [3.8, 4) is 44.5 Å². The third-order valence-electron chi connectivity index (χ3n) is 11.0. The molecule has 8 aromatic carbocycles. The number of halogens is 20. The first-order valence-corrected chi connectivity index (χ1v) is 20.8. The summed E-state index contributed by atoms with van der Waals surface area (Å²) < 4.78 is 317. The van der Waals surface area contributed by atoms with Crippen LogP contribution in [0.1, 0.15) is 0 Å². The van der Waals surface area contributed by atoms with E-state index in [1.54, 1.807) is 0 Å². The molecule has 0 aliphatic rings. The lowest BCUT2D eigenvalue weighted by molar-refractivity contribution is 0.379. The van der Waals surface area contributed by atoms with Crippen LogP contribution in [0.25, 0.3) is 44.5 Å². The first kappa shape index (κ1) is 48.3. The van der Waals surface area contributed by atoms with Crippen molar-refractivity contribution in [3.63, 3.8) is 0 Å². The van der Waals surface area contributed by atoms with Gasteiger partial charge in [-0.15, -0.1) is 0 Å². The fraction of sp³-hybridized carbons (Fsp3) is 0. The summed E-state index contributed by atoms with van der Waals surface area (Å²) in [5.41, 5.74) is -20.1. The highest BCUT2D eigenvalue weighted by Crippen LogP contribution is 2.61. The molecule has 0 fully saturated rings. The summed E-state index contributed by atoms with van der Waals surface area (Å²) >= 11 is 0. The molecule has 0 saturated heterocycles. The Balaban J connectivity index is 1.92. The van der Waals surface area contributed by atoms with Crippen molar-refractivity contribution >= 4 is 28.5 Å². The molecule has 0 unspecified atom stereocenters. The lowest BCUT2D eigenvalue weighted by atomic mass is 9.81. The molecule has 0 saturated carbocycles. The molecule has 0 atom stereocenters. The molecular weight excluding hydrogens is 987 g/mol. The van der Waals surface area contributed by atoms with Crippen molar-refractivity contribution in [2.75, 3.05) is 0 Å². The van der Waals surface area contributed by atoms with Crippen LogP contribution in [0.5, 0.6) is 0 Å². The van der Waals surface area contributed by atoms with Crippen LogP contribution >= 0.6 is 7.26 Å². The smallest absolute Gasteiger partial charge is 0.200 e. The SMILES string of the molecule is Fc1c(F)c(F)c(-c2cc([P+](c3ccccc3)(c3ccccc3)c3ccccc3)c(-c3c(F)c(F)c(F)c(F)c3F)c(-c3c(F)c(F)c(F)c(F)c3F)c2-c2c(F)c(F)c(F)c(F)c2F)c(F)c1F. The highest BCUT2D eigenvalue weighted by atomic mass is 31.2. The van der Waals surface area contributed by atoms with Gasteiger partial charge in [0.2, 0.25) is 23.3 Å². The van der Waals surface area contributed by atoms with E-state index in [0.29, 0.717) is 0 Å². The van der Waals surface area contributed by atoms with Crippen molar-refractivity contribution in [3.05, 3.63) is 213 Å². The first-order valence-electron chi connectivity index (χ1n) is 19.0. The van der Waals surface area contributed by atoms with Crippen molar-refractivity contribution in [2.45, 2.75) is 0 Å². The Bertz CT molecular complexity index is 3220. The second-order valence-corrected chi connectivity index (χ2v) is 17.9. The molecule has 0 aromatic heterocycles. The Morgan fingerprint density at radius 3 is 0.696 bits per heavy atom. The van der Waals surface area contributed by atoms with Crippen molar-refractivity contribution in [2.24, 2.45) is 0 Å². The van der Waals surface area contributed by atoms with Gasteiger partial charge in [-0.05, 0) is 42.5 Å². The molecule has 21 heteroatoms. The van der Waals surface area contributed by atoms with Gasteiger partial charge in [-0.25, -0.2) is 87.8 Å². The van der Waals surface area contributed by atoms with Crippen LogP contribution in [-0.4, -0.2) is 0 Å². The van der Waals surface area contributed by atoms with E-state index in [-0.39, 0.29) is 22.0 Å². The predicted molar refractivity (Wildman–Crippen MR) is 212 cm³/mol. The summed E-state index contributed by atoms with van der Waals surface area (Å²) in [6.07, 6.45) is 0. The maximum atomic E-state index is 16.9. The van der Waals surface area contributed by atoms with Gasteiger partial charge < -0.3 is 0 Å². The molecule has 0 heterocycles. The fourth-order valence-corrected chi connectivity index (χ4v) is 12.5. The second kappa shape index (κ2) is 17.7. The third-order valence-corrected chi connectivity index (χ3v) is 15.3. The summed E-state index contributed by atoms with van der Waals surface area (Å²) in [4.78, 5) is 0. The van der Waals surface area contributed by atoms with Crippen molar-refractivity contribution in [1.29, 1.82) is 0 Å². The zero-order valence-corrected chi connectivity index (χ0v) is 34.1. The minimum absolute atomic E-state index is 0.0185. The van der Waals surface area contributed by atoms with Crippen LogP contribution in [0, 0.1) is 116 Å². The molecule has 0 nitrogen and oxygen atoms in total. The molecule has 0 aliphatic heterocycles. The Hall–Kier alpha value is -7.21. The zero-order valence-electron chi connectivity index (χ0n) is 33.2. The highest BCUT2D eigenvalue weighted by Gasteiger charge is 2.53. The van der Waals surface area contributed by atoms with E-state index in [0.717, 1.165) is 36.4 Å². The van der Waals surface area contributed by atoms with E-state index in [2.05, 4.69) is 0 Å². The number of rotatable bonds is 8. The third kappa shape index (κ3) is 7.04. The monoisotopic (exact) mass is 1000 g/mol. The Morgan fingerprint density at radius 1 is 0.203 bits per heavy atom. The van der Waals surface area contributed by atoms with E-state index in [1.165, 1.54) is 54.6 Å². The van der Waals surface area contributed by atoms with Crippen LogP contribution < -0.4 is 21.2 Å². The van der Waals surface area contributed by atoms with Crippen LogP contribution in [-0.2, 0) is 0 Å². The number of hydrogen-bond acceptors (Lipinski definition) is 0. The normalized spacial score (nSPS) is 11.8. The largest absolute Gasteiger partial charge is 0.203 e. The van der Waals surface area contributed by atoms with Gasteiger partial charge in [-0.1, -0.05) is 54.6 Å². The summed E-state index contributed by atoms with van der Waals surface area (Å²) in [6.45, 7) is 0. The molecule has 0 aliphatic carbocycles.